The van der Waals surface area contributed by atoms with E-state index in [-0.39, 0.29) is 5.56 Å². The highest BCUT2D eigenvalue weighted by molar-refractivity contribution is 7.15. The summed E-state index contributed by atoms with van der Waals surface area (Å²) >= 11 is 1.23. The summed E-state index contributed by atoms with van der Waals surface area (Å²) in [7, 11) is 0. The van der Waals surface area contributed by atoms with Gasteiger partial charge in [-0.2, -0.15) is 4.98 Å². The monoisotopic (exact) mass is 350 g/mol. The lowest BCUT2D eigenvalue weighted by atomic mass is 10.0. The summed E-state index contributed by atoms with van der Waals surface area (Å²) in [4.78, 5) is 31.2. The molecule has 0 saturated carbocycles. The van der Waals surface area contributed by atoms with Gasteiger partial charge >= 0.3 is 0 Å². The Bertz CT molecular complexity index is 785. The number of nitrogens with one attached hydrogen (secondary N) is 1. The van der Waals surface area contributed by atoms with Crippen LogP contribution in [-0.2, 0) is 0 Å². The summed E-state index contributed by atoms with van der Waals surface area (Å²) in [6.45, 7) is 4.73. The lowest BCUT2D eigenvalue weighted by molar-refractivity contribution is 0.0943. The second-order valence-corrected chi connectivity index (χ2v) is 7.03. The van der Waals surface area contributed by atoms with E-state index in [0.717, 1.165) is 19.5 Å². The van der Waals surface area contributed by atoms with Gasteiger partial charge in [0.2, 0.25) is 5.88 Å². The standard InChI is InChI=1S/C16H22N4O3S/c1-11-5-2-3-7-19(11)8-4-6-17-13(21)12-14(22)18-16-20(15(12)23)9-10-24-16/h9-11,22H,2-8H2,1H3,(H,17,21)/t11-/m0/s1. The summed E-state index contributed by atoms with van der Waals surface area (Å²) in [5.74, 6) is -1.08. The number of amides is 1. The molecule has 0 aromatic carbocycles. The summed E-state index contributed by atoms with van der Waals surface area (Å²) in [5.41, 5.74) is -0.835. The summed E-state index contributed by atoms with van der Waals surface area (Å²) < 4.78 is 1.27. The lowest BCUT2D eigenvalue weighted by Crippen LogP contribution is -2.39. The van der Waals surface area contributed by atoms with E-state index in [0.29, 0.717) is 17.5 Å². The molecule has 0 radical (unpaired) electrons. The van der Waals surface area contributed by atoms with Crippen LogP contribution in [0.25, 0.3) is 4.96 Å². The van der Waals surface area contributed by atoms with Crippen LogP contribution in [0.5, 0.6) is 5.88 Å². The maximum atomic E-state index is 12.3. The van der Waals surface area contributed by atoms with Gasteiger partial charge in [-0.15, -0.1) is 11.3 Å². The highest BCUT2D eigenvalue weighted by Crippen LogP contribution is 2.16. The Morgan fingerprint density at radius 1 is 1.50 bits per heavy atom. The Hall–Kier alpha value is -1.93. The predicted molar refractivity (Wildman–Crippen MR) is 92.8 cm³/mol. The molecule has 2 aromatic heterocycles. The molecule has 0 aliphatic carbocycles. The van der Waals surface area contributed by atoms with Gasteiger partial charge in [0.25, 0.3) is 11.5 Å². The van der Waals surface area contributed by atoms with Gasteiger partial charge in [-0.25, -0.2) is 0 Å². The number of thiazole rings is 1. The molecule has 0 unspecified atom stereocenters. The predicted octanol–water partition coefficient (Wildman–Crippen LogP) is 1.46. The largest absolute Gasteiger partial charge is 0.492 e. The van der Waals surface area contributed by atoms with Crippen molar-refractivity contribution >= 4 is 22.2 Å². The Morgan fingerprint density at radius 2 is 2.33 bits per heavy atom. The number of piperidine rings is 1. The number of hydrogen-bond donors (Lipinski definition) is 2. The molecule has 7 nitrogen and oxygen atoms in total. The molecule has 0 spiro atoms. The molecule has 1 amide bonds. The summed E-state index contributed by atoms with van der Waals surface area (Å²) in [6, 6.07) is 0.591. The van der Waals surface area contributed by atoms with E-state index in [4.69, 9.17) is 0 Å². The first kappa shape index (κ1) is 16.9. The van der Waals surface area contributed by atoms with E-state index in [9.17, 15) is 14.7 Å². The Kier molecular flexibility index (Phi) is 5.15. The van der Waals surface area contributed by atoms with Crippen molar-refractivity contribution in [3.8, 4) is 5.88 Å². The third kappa shape index (κ3) is 3.44. The fraction of sp³-hybridized carbons (Fsp3) is 0.562. The minimum Gasteiger partial charge on any atom is -0.492 e. The average Bonchev–Trinajstić information content (AvgIpc) is 3.01. The van der Waals surface area contributed by atoms with E-state index >= 15 is 0 Å². The summed E-state index contributed by atoms with van der Waals surface area (Å²) in [6.07, 6.45) is 6.10. The number of likely N-dealkylation sites (tertiary alicyclic amines) is 1. The topological polar surface area (TPSA) is 86.9 Å². The van der Waals surface area contributed by atoms with Gasteiger partial charge in [-0.05, 0) is 32.7 Å². The van der Waals surface area contributed by atoms with E-state index in [1.807, 2.05) is 0 Å². The van der Waals surface area contributed by atoms with Gasteiger partial charge < -0.3 is 15.3 Å². The number of rotatable bonds is 5. The number of nitrogens with zero attached hydrogens (tertiary/aromatic N) is 3. The number of fused-ring (bicyclic) bond motifs is 1. The minimum absolute atomic E-state index is 0.294. The molecule has 1 fully saturated rings. The lowest BCUT2D eigenvalue weighted by Gasteiger charge is -2.33. The van der Waals surface area contributed by atoms with Crippen molar-refractivity contribution in [2.45, 2.75) is 38.6 Å². The first-order valence-corrected chi connectivity index (χ1v) is 9.17. The minimum atomic E-state index is -0.572. The van der Waals surface area contributed by atoms with Crippen molar-refractivity contribution in [1.82, 2.24) is 19.6 Å². The second-order valence-electron chi connectivity index (χ2n) is 6.16. The molecule has 1 saturated heterocycles. The maximum absolute atomic E-state index is 12.3. The molecule has 130 valence electrons. The zero-order chi connectivity index (χ0) is 17.1. The molecule has 0 bridgehead atoms. The number of aromatic nitrogens is 2. The van der Waals surface area contributed by atoms with Gasteiger partial charge in [0.1, 0.15) is 0 Å². The first-order chi connectivity index (χ1) is 11.6. The molecule has 1 atom stereocenters. The quantitative estimate of drug-likeness (QED) is 0.797. The molecule has 3 rings (SSSR count). The number of carbonyl (C=O) groups excluding carboxylic acids is 1. The molecule has 1 aliphatic rings. The SMILES string of the molecule is C[C@H]1CCCCN1CCCNC(=O)c1c(O)nc2sccn2c1=O. The fourth-order valence-corrected chi connectivity index (χ4v) is 3.83. The first-order valence-electron chi connectivity index (χ1n) is 8.29. The van der Waals surface area contributed by atoms with Crippen molar-refractivity contribution in [3.05, 3.63) is 27.5 Å². The third-order valence-electron chi connectivity index (χ3n) is 4.52. The van der Waals surface area contributed by atoms with Crippen LogP contribution in [0.2, 0.25) is 0 Å². The van der Waals surface area contributed by atoms with Crippen molar-refractivity contribution in [2.75, 3.05) is 19.6 Å². The average molecular weight is 350 g/mol. The molecule has 2 aromatic rings. The molecule has 24 heavy (non-hydrogen) atoms. The molecule has 8 heteroatoms. The Balaban J connectivity index is 1.58. The molecular weight excluding hydrogens is 328 g/mol. The van der Waals surface area contributed by atoms with Crippen molar-refractivity contribution in [3.63, 3.8) is 0 Å². The van der Waals surface area contributed by atoms with Crippen LogP contribution in [0.1, 0.15) is 43.0 Å². The van der Waals surface area contributed by atoms with Crippen LogP contribution < -0.4 is 10.9 Å². The van der Waals surface area contributed by atoms with E-state index < -0.39 is 17.3 Å². The Morgan fingerprint density at radius 3 is 3.12 bits per heavy atom. The van der Waals surface area contributed by atoms with Gasteiger partial charge in [-0.1, -0.05) is 6.42 Å². The highest BCUT2D eigenvalue weighted by atomic mass is 32.1. The van der Waals surface area contributed by atoms with Crippen molar-refractivity contribution in [2.24, 2.45) is 0 Å². The second kappa shape index (κ2) is 7.31. The van der Waals surface area contributed by atoms with Gasteiger partial charge in [-0.3, -0.25) is 14.0 Å². The van der Waals surface area contributed by atoms with E-state index in [1.165, 1.54) is 35.0 Å². The molecular formula is C16H22N4O3S. The van der Waals surface area contributed by atoms with Crippen molar-refractivity contribution in [1.29, 1.82) is 0 Å². The van der Waals surface area contributed by atoms with Gasteiger partial charge in [0.15, 0.2) is 10.5 Å². The molecule has 3 heterocycles. The van der Waals surface area contributed by atoms with Gasteiger partial charge in [0.05, 0.1) is 0 Å². The van der Waals surface area contributed by atoms with E-state index in [1.54, 1.807) is 11.6 Å². The van der Waals surface area contributed by atoms with Crippen LogP contribution in [0.4, 0.5) is 0 Å². The maximum Gasteiger partial charge on any atom is 0.275 e. The van der Waals surface area contributed by atoms with Crippen LogP contribution in [0.3, 0.4) is 0 Å². The smallest absolute Gasteiger partial charge is 0.275 e. The molecule has 2 N–H and O–H groups in total. The van der Waals surface area contributed by atoms with E-state index in [2.05, 4.69) is 22.1 Å². The highest BCUT2D eigenvalue weighted by Gasteiger charge is 2.21. The van der Waals surface area contributed by atoms with Crippen LogP contribution >= 0.6 is 11.3 Å². The normalized spacial score (nSPS) is 18.8. The molecule has 1 aliphatic heterocycles. The van der Waals surface area contributed by atoms with Crippen molar-refractivity contribution < 1.29 is 9.90 Å². The van der Waals surface area contributed by atoms with Gasteiger partial charge in [0, 0.05) is 30.7 Å². The van der Waals surface area contributed by atoms with Crippen LogP contribution in [0.15, 0.2) is 16.4 Å². The Labute approximate surface area is 143 Å². The number of carbonyl (C=O) groups is 1. The zero-order valence-corrected chi connectivity index (χ0v) is 14.5. The fourth-order valence-electron chi connectivity index (χ4n) is 3.13. The number of hydrogen-bond acceptors (Lipinski definition) is 6. The zero-order valence-electron chi connectivity index (χ0n) is 13.7. The van der Waals surface area contributed by atoms with Crippen LogP contribution in [0, 0.1) is 0 Å². The van der Waals surface area contributed by atoms with Crippen LogP contribution in [-0.4, -0.2) is 51.0 Å². The number of aromatic hydroxyl groups is 1. The third-order valence-corrected chi connectivity index (χ3v) is 5.28. The summed E-state index contributed by atoms with van der Waals surface area (Å²) in [5, 5.41) is 14.3.